The van der Waals surface area contributed by atoms with Gasteiger partial charge in [0.15, 0.2) is 0 Å². The zero-order chi connectivity index (χ0) is 17.5. The summed E-state index contributed by atoms with van der Waals surface area (Å²) in [7, 11) is 1.54. The third-order valence-electron chi connectivity index (χ3n) is 3.53. The lowest BCUT2D eigenvalue weighted by atomic mass is 10.2. The van der Waals surface area contributed by atoms with E-state index in [9.17, 15) is 14.0 Å². The Morgan fingerprint density at radius 1 is 1.17 bits per heavy atom. The first-order valence-electron chi connectivity index (χ1n) is 7.54. The van der Waals surface area contributed by atoms with Gasteiger partial charge in [0, 0.05) is 30.0 Å². The van der Waals surface area contributed by atoms with Crippen molar-refractivity contribution in [2.75, 3.05) is 18.5 Å². The van der Waals surface area contributed by atoms with Crippen LogP contribution in [-0.2, 0) is 4.79 Å². The highest BCUT2D eigenvalue weighted by molar-refractivity contribution is 9.10. The first-order valence-corrected chi connectivity index (χ1v) is 8.33. The molecule has 0 aromatic heterocycles. The molecule has 2 aromatic rings. The number of halogens is 2. The van der Waals surface area contributed by atoms with Crippen molar-refractivity contribution in [1.29, 1.82) is 0 Å². The first-order chi connectivity index (χ1) is 11.5. The Morgan fingerprint density at radius 2 is 1.88 bits per heavy atom. The highest BCUT2D eigenvalue weighted by Crippen LogP contribution is 2.22. The summed E-state index contributed by atoms with van der Waals surface area (Å²) in [6, 6.07) is 13.4. The second-order valence-corrected chi connectivity index (χ2v) is 6.19. The zero-order valence-electron chi connectivity index (χ0n) is 13.3. The van der Waals surface area contributed by atoms with Crippen LogP contribution in [-0.4, -0.2) is 25.4 Å². The molecule has 6 heteroatoms. The van der Waals surface area contributed by atoms with Crippen LogP contribution in [0.1, 0.15) is 23.2 Å². The van der Waals surface area contributed by atoms with Gasteiger partial charge in [-0.1, -0.05) is 34.1 Å². The van der Waals surface area contributed by atoms with E-state index in [4.69, 9.17) is 0 Å². The van der Waals surface area contributed by atoms with Gasteiger partial charge in [0.2, 0.25) is 5.91 Å². The topological polar surface area (TPSA) is 49.4 Å². The molecule has 2 aromatic carbocycles. The summed E-state index contributed by atoms with van der Waals surface area (Å²) in [6.45, 7) is 0.385. The van der Waals surface area contributed by atoms with Crippen molar-refractivity contribution in [3.63, 3.8) is 0 Å². The lowest BCUT2D eigenvalue weighted by Crippen LogP contribution is -2.29. The van der Waals surface area contributed by atoms with Crippen LogP contribution < -0.4 is 10.2 Å². The molecule has 2 amide bonds. The summed E-state index contributed by atoms with van der Waals surface area (Å²) >= 11 is 3.18. The van der Waals surface area contributed by atoms with Crippen molar-refractivity contribution < 1.29 is 14.0 Å². The number of benzene rings is 2. The maximum atomic E-state index is 13.9. The maximum Gasteiger partial charge on any atom is 0.251 e. The average Bonchev–Trinajstić information content (AvgIpc) is 2.58. The van der Waals surface area contributed by atoms with Crippen LogP contribution in [0.5, 0.6) is 0 Å². The third kappa shape index (κ3) is 4.89. The molecule has 24 heavy (non-hydrogen) atoms. The fourth-order valence-corrected chi connectivity index (χ4v) is 2.52. The minimum atomic E-state index is -0.461. The van der Waals surface area contributed by atoms with Gasteiger partial charge in [0.05, 0.1) is 5.69 Å². The molecule has 0 saturated carbocycles. The molecule has 0 fully saturated rings. The van der Waals surface area contributed by atoms with Crippen molar-refractivity contribution in [2.45, 2.75) is 12.8 Å². The number of carbonyl (C=O) groups excluding carboxylic acids is 2. The molecule has 0 aliphatic rings. The van der Waals surface area contributed by atoms with Crippen LogP contribution in [0, 0.1) is 5.82 Å². The van der Waals surface area contributed by atoms with Gasteiger partial charge in [0.1, 0.15) is 5.82 Å². The Kier molecular flexibility index (Phi) is 6.49. The molecule has 126 valence electrons. The van der Waals surface area contributed by atoms with E-state index in [1.165, 1.54) is 18.0 Å². The van der Waals surface area contributed by atoms with Crippen molar-refractivity contribution in [2.24, 2.45) is 0 Å². The Hall–Kier alpha value is -2.21. The number of rotatable bonds is 6. The minimum absolute atomic E-state index is 0.171. The monoisotopic (exact) mass is 392 g/mol. The summed E-state index contributed by atoms with van der Waals surface area (Å²) in [5, 5.41) is 2.76. The van der Waals surface area contributed by atoms with Gasteiger partial charge < -0.3 is 10.2 Å². The van der Waals surface area contributed by atoms with E-state index >= 15 is 0 Å². The van der Waals surface area contributed by atoms with E-state index in [1.54, 1.807) is 36.4 Å². The van der Waals surface area contributed by atoms with Crippen molar-refractivity contribution in [3.8, 4) is 0 Å². The molecule has 1 N–H and O–H groups in total. The molecular weight excluding hydrogens is 375 g/mol. The van der Waals surface area contributed by atoms with E-state index in [-0.39, 0.29) is 23.9 Å². The number of amides is 2. The predicted molar refractivity (Wildman–Crippen MR) is 95.5 cm³/mol. The van der Waals surface area contributed by atoms with Crippen molar-refractivity contribution in [3.05, 3.63) is 64.4 Å². The number of nitrogens with one attached hydrogen (secondary N) is 1. The smallest absolute Gasteiger partial charge is 0.251 e. The lowest BCUT2D eigenvalue weighted by molar-refractivity contribution is -0.118. The molecule has 0 atom stereocenters. The summed E-state index contributed by atoms with van der Waals surface area (Å²) in [4.78, 5) is 25.3. The van der Waals surface area contributed by atoms with Gasteiger partial charge in [-0.3, -0.25) is 9.59 Å². The summed E-state index contributed by atoms with van der Waals surface area (Å²) < 4.78 is 14.5. The lowest BCUT2D eigenvalue weighted by Gasteiger charge is -2.18. The first kappa shape index (κ1) is 18.1. The standard InChI is InChI=1S/C18H18BrFN2O2/c1-22(16-10-9-14(19)12-15(16)20)17(23)8-5-11-21-18(24)13-6-3-2-4-7-13/h2-4,6-7,9-10,12H,5,8,11H2,1H3,(H,21,24). The summed E-state index contributed by atoms with van der Waals surface area (Å²) in [5.41, 5.74) is 0.814. The molecule has 0 aliphatic carbocycles. The molecule has 0 radical (unpaired) electrons. The van der Waals surface area contributed by atoms with Crippen LogP contribution in [0.15, 0.2) is 53.0 Å². The van der Waals surface area contributed by atoms with Gasteiger partial charge in [0.25, 0.3) is 5.91 Å². The van der Waals surface area contributed by atoms with Gasteiger partial charge >= 0.3 is 0 Å². The SMILES string of the molecule is CN(C(=O)CCCNC(=O)c1ccccc1)c1ccc(Br)cc1F. The number of anilines is 1. The zero-order valence-corrected chi connectivity index (χ0v) is 14.8. The van der Waals surface area contributed by atoms with E-state index < -0.39 is 5.82 Å². The predicted octanol–water partition coefficient (Wildman–Crippen LogP) is 3.76. The molecule has 0 heterocycles. The summed E-state index contributed by atoms with van der Waals surface area (Å²) in [5.74, 6) is -0.835. The number of carbonyl (C=O) groups is 2. The highest BCUT2D eigenvalue weighted by atomic mass is 79.9. The number of hydrogen-bond donors (Lipinski definition) is 1. The maximum absolute atomic E-state index is 13.9. The molecule has 0 unspecified atom stereocenters. The van der Waals surface area contributed by atoms with E-state index in [0.29, 0.717) is 23.0 Å². The fraction of sp³-hybridized carbons (Fsp3) is 0.222. The number of hydrogen-bond acceptors (Lipinski definition) is 2. The van der Waals surface area contributed by atoms with Crippen LogP contribution in [0.3, 0.4) is 0 Å². The average molecular weight is 393 g/mol. The van der Waals surface area contributed by atoms with Gasteiger partial charge in [-0.05, 0) is 36.8 Å². The van der Waals surface area contributed by atoms with Crippen molar-refractivity contribution >= 4 is 33.4 Å². The quantitative estimate of drug-likeness (QED) is 0.760. The summed E-state index contributed by atoms with van der Waals surface area (Å²) in [6.07, 6.45) is 0.709. The Bertz CT molecular complexity index is 722. The van der Waals surface area contributed by atoms with Crippen LogP contribution in [0.4, 0.5) is 10.1 Å². The molecule has 0 aliphatic heterocycles. The van der Waals surface area contributed by atoms with Crippen molar-refractivity contribution in [1.82, 2.24) is 5.32 Å². The molecule has 0 bridgehead atoms. The molecular formula is C18H18BrFN2O2. The second-order valence-electron chi connectivity index (χ2n) is 5.27. The largest absolute Gasteiger partial charge is 0.352 e. The van der Waals surface area contributed by atoms with Crippen LogP contribution in [0.25, 0.3) is 0 Å². The van der Waals surface area contributed by atoms with Gasteiger partial charge in [-0.15, -0.1) is 0 Å². The Balaban J connectivity index is 1.79. The highest BCUT2D eigenvalue weighted by Gasteiger charge is 2.15. The second kappa shape index (κ2) is 8.59. The Morgan fingerprint density at radius 3 is 2.54 bits per heavy atom. The van der Waals surface area contributed by atoms with Gasteiger partial charge in [-0.25, -0.2) is 4.39 Å². The molecule has 4 nitrogen and oxygen atoms in total. The van der Waals surface area contributed by atoms with E-state index in [0.717, 1.165) is 0 Å². The van der Waals surface area contributed by atoms with Gasteiger partial charge in [-0.2, -0.15) is 0 Å². The Labute approximate surface area is 148 Å². The van der Waals surface area contributed by atoms with E-state index in [2.05, 4.69) is 21.2 Å². The number of nitrogens with zero attached hydrogens (tertiary/aromatic N) is 1. The molecule has 2 rings (SSSR count). The normalized spacial score (nSPS) is 10.3. The van der Waals surface area contributed by atoms with E-state index in [1.807, 2.05) is 6.07 Å². The molecule has 0 saturated heterocycles. The minimum Gasteiger partial charge on any atom is -0.352 e. The third-order valence-corrected chi connectivity index (χ3v) is 4.03. The van der Waals surface area contributed by atoms with Crippen LogP contribution >= 0.6 is 15.9 Å². The fourth-order valence-electron chi connectivity index (χ4n) is 2.19. The van der Waals surface area contributed by atoms with Crippen LogP contribution in [0.2, 0.25) is 0 Å². The molecule has 0 spiro atoms.